The summed E-state index contributed by atoms with van der Waals surface area (Å²) in [6.45, 7) is 4.41. The van der Waals surface area contributed by atoms with Crippen molar-refractivity contribution >= 4 is 34.8 Å². The van der Waals surface area contributed by atoms with E-state index in [0.29, 0.717) is 23.2 Å². The van der Waals surface area contributed by atoms with Gasteiger partial charge in [-0.1, -0.05) is 35.9 Å². The summed E-state index contributed by atoms with van der Waals surface area (Å²) in [5.41, 5.74) is 2.91. The highest BCUT2D eigenvalue weighted by atomic mass is 35.5. The highest BCUT2D eigenvalue weighted by Gasteiger charge is 2.18. The number of carbonyl (C=O) groups is 1. The molecule has 0 saturated carbocycles. The van der Waals surface area contributed by atoms with Crippen LogP contribution in [-0.2, 0) is 0 Å². The number of nitrogens with one attached hydrogen (secondary N) is 1. The topological polar surface area (TPSA) is 58.1 Å². The van der Waals surface area contributed by atoms with E-state index >= 15 is 0 Å². The van der Waals surface area contributed by atoms with Gasteiger partial charge in [-0.15, -0.1) is 0 Å². The zero-order valence-electron chi connectivity index (χ0n) is 14.6. The maximum atomic E-state index is 12.9. The Balaban J connectivity index is 1.84. The molecular formula is C20H19ClN4O. The molecule has 3 aromatic rings. The van der Waals surface area contributed by atoms with Crippen molar-refractivity contribution in [2.75, 3.05) is 16.8 Å². The van der Waals surface area contributed by atoms with Gasteiger partial charge in [0.25, 0.3) is 5.91 Å². The molecule has 0 aliphatic carbocycles. The quantitative estimate of drug-likeness (QED) is 0.701. The van der Waals surface area contributed by atoms with E-state index in [-0.39, 0.29) is 5.91 Å². The van der Waals surface area contributed by atoms with Crippen LogP contribution in [0.15, 0.2) is 60.8 Å². The number of hydrogen-bond donors (Lipinski definition) is 1. The second kappa shape index (κ2) is 7.97. The molecule has 1 N–H and O–H groups in total. The molecule has 0 atom stereocenters. The highest BCUT2D eigenvalue weighted by Crippen LogP contribution is 2.22. The van der Waals surface area contributed by atoms with Gasteiger partial charge in [0.05, 0.1) is 0 Å². The van der Waals surface area contributed by atoms with E-state index < -0.39 is 0 Å². The maximum Gasteiger partial charge on any atom is 0.277 e. The Hall–Kier alpha value is -2.92. The maximum absolute atomic E-state index is 12.9. The summed E-state index contributed by atoms with van der Waals surface area (Å²) in [6.07, 6.45) is 1.57. The molecule has 2 aromatic carbocycles. The summed E-state index contributed by atoms with van der Waals surface area (Å²) in [5.74, 6) is 0.172. The van der Waals surface area contributed by atoms with Crippen LogP contribution in [0.5, 0.6) is 0 Å². The molecule has 6 heteroatoms. The summed E-state index contributed by atoms with van der Waals surface area (Å²) in [4.78, 5) is 23.1. The Morgan fingerprint density at radius 1 is 1.15 bits per heavy atom. The third-order valence-electron chi connectivity index (χ3n) is 3.93. The van der Waals surface area contributed by atoms with Gasteiger partial charge in [0.2, 0.25) is 5.95 Å². The second-order valence-corrected chi connectivity index (χ2v) is 6.15. The van der Waals surface area contributed by atoms with Crippen LogP contribution in [0.25, 0.3) is 0 Å². The lowest BCUT2D eigenvalue weighted by atomic mass is 10.2. The molecular weight excluding hydrogens is 348 g/mol. The number of rotatable bonds is 5. The normalized spacial score (nSPS) is 10.4. The van der Waals surface area contributed by atoms with Gasteiger partial charge < -0.3 is 10.2 Å². The minimum absolute atomic E-state index is 0.175. The number of carbonyl (C=O) groups excluding carboxylic acids is 1. The number of para-hydroxylation sites is 1. The Morgan fingerprint density at radius 2 is 1.92 bits per heavy atom. The Labute approximate surface area is 157 Å². The fourth-order valence-electron chi connectivity index (χ4n) is 2.53. The second-order valence-electron chi connectivity index (χ2n) is 5.74. The molecule has 5 nitrogen and oxygen atoms in total. The van der Waals surface area contributed by atoms with E-state index in [1.165, 1.54) is 0 Å². The molecule has 0 bridgehead atoms. The van der Waals surface area contributed by atoms with E-state index in [0.717, 1.165) is 16.9 Å². The number of aromatic nitrogens is 2. The minimum Gasteiger partial charge on any atom is -0.324 e. The third-order valence-corrected chi connectivity index (χ3v) is 4.34. The van der Waals surface area contributed by atoms with Crippen LogP contribution in [0.4, 0.5) is 17.3 Å². The van der Waals surface area contributed by atoms with E-state index in [2.05, 4.69) is 15.3 Å². The van der Waals surface area contributed by atoms with Crippen molar-refractivity contribution < 1.29 is 4.79 Å². The number of anilines is 3. The molecule has 0 unspecified atom stereocenters. The lowest BCUT2D eigenvalue weighted by Crippen LogP contribution is -2.31. The first kappa shape index (κ1) is 17.9. The summed E-state index contributed by atoms with van der Waals surface area (Å²) < 4.78 is 0. The molecule has 0 fully saturated rings. The fourth-order valence-corrected chi connectivity index (χ4v) is 2.71. The van der Waals surface area contributed by atoms with Crippen molar-refractivity contribution in [1.29, 1.82) is 0 Å². The van der Waals surface area contributed by atoms with Crippen molar-refractivity contribution in [3.63, 3.8) is 0 Å². The zero-order chi connectivity index (χ0) is 18.5. The first-order valence-corrected chi connectivity index (χ1v) is 8.69. The average molecular weight is 367 g/mol. The van der Waals surface area contributed by atoms with E-state index in [4.69, 9.17) is 11.6 Å². The van der Waals surface area contributed by atoms with E-state index in [9.17, 15) is 4.79 Å². The van der Waals surface area contributed by atoms with E-state index in [1.807, 2.05) is 56.3 Å². The fraction of sp³-hybridized carbons (Fsp3) is 0.150. The van der Waals surface area contributed by atoms with Crippen LogP contribution < -0.4 is 10.2 Å². The lowest BCUT2D eigenvalue weighted by Gasteiger charge is -2.20. The van der Waals surface area contributed by atoms with E-state index in [1.54, 1.807) is 23.2 Å². The Kier molecular flexibility index (Phi) is 5.49. The molecule has 26 heavy (non-hydrogen) atoms. The molecule has 1 aromatic heterocycles. The van der Waals surface area contributed by atoms with Crippen LogP contribution in [0.1, 0.15) is 23.0 Å². The number of benzene rings is 2. The van der Waals surface area contributed by atoms with Crippen molar-refractivity contribution in [1.82, 2.24) is 9.97 Å². The molecule has 1 heterocycles. The standard InChI is InChI=1S/C20H19ClN4O/c1-3-25(16-7-5-4-6-8-16)19(26)18-11-12-22-20(24-18)23-15-10-9-14(2)17(21)13-15/h4-13H,3H2,1-2H3,(H,22,23,24). The lowest BCUT2D eigenvalue weighted by molar-refractivity contribution is 0.0983. The predicted molar refractivity (Wildman–Crippen MR) is 105 cm³/mol. The van der Waals surface area contributed by atoms with Gasteiger partial charge in [0.15, 0.2) is 0 Å². The Bertz CT molecular complexity index is 915. The molecule has 1 amide bonds. The van der Waals surface area contributed by atoms with Crippen LogP contribution >= 0.6 is 11.6 Å². The summed E-state index contributed by atoms with van der Waals surface area (Å²) in [7, 11) is 0. The summed E-state index contributed by atoms with van der Waals surface area (Å²) in [6, 6.07) is 16.7. The molecule has 132 valence electrons. The van der Waals surface area contributed by atoms with Gasteiger partial charge in [0, 0.05) is 29.1 Å². The molecule has 0 saturated heterocycles. The van der Waals surface area contributed by atoms with Crippen molar-refractivity contribution in [3.8, 4) is 0 Å². The van der Waals surface area contributed by atoms with Crippen LogP contribution in [0.2, 0.25) is 5.02 Å². The van der Waals surface area contributed by atoms with Crippen molar-refractivity contribution in [2.45, 2.75) is 13.8 Å². The third kappa shape index (κ3) is 4.00. The summed E-state index contributed by atoms with van der Waals surface area (Å²) in [5, 5.41) is 3.74. The molecule has 0 radical (unpaired) electrons. The minimum atomic E-state index is -0.175. The first-order chi connectivity index (χ1) is 12.6. The smallest absolute Gasteiger partial charge is 0.277 e. The van der Waals surface area contributed by atoms with Crippen LogP contribution in [0.3, 0.4) is 0 Å². The summed E-state index contributed by atoms with van der Waals surface area (Å²) >= 11 is 6.15. The molecule has 0 spiro atoms. The number of hydrogen-bond acceptors (Lipinski definition) is 4. The largest absolute Gasteiger partial charge is 0.324 e. The van der Waals surface area contributed by atoms with Gasteiger partial charge in [-0.05, 0) is 49.7 Å². The SMILES string of the molecule is CCN(C(=O)c1ccnc(Nc2ccc(C)c(Cl)c2)n1)c1ccccc1. The zero-order valence-corrected chi connectivity index (χ0v) is 15.4. The molecule has 0 aliphatic heterocycles. The number of halogens is 1. The number of aryl methyl sites for hydroxylation is 1. The monoisotopic (exact) mass is 366 g/mol. The van der Waals surface area contributed by atoms with Gasteiger partial charge in [-0.3, -0.25) is 4.79 Å². The van der Waals surface area contributed by atoms with Gasteiger partial charge in [-0.2, -0.15) is 0 Å². The number of amides is 1. The van der Waals surface area contributed by atoms with Gasteiger partial charge in [0.1, 0.15) is 5.69 Å². The Morgan fingerprint density at radius 3 is 2.62 bits per heavy atom. The first-order valence-electron chi connectivity index (χ1n) is 8.31. The number of nitrogens with zero attached hydrogens (tertiary/aromatic N) is 3. The molecule has 3 rings (SSSR count). The van der Waals surface area contributed by atoms with Gasteiger partial charge >= 0.3 is 0 Å². The van der Waals surface area contributed by atoms with Crippen LogP contribution in [0, 0.1) is 6.92 Å². The average Bonchev–Trinajstić information content (AvgIpc) is 2.66. The predicted octanol–water partition coefficient (Wildman–Crippen LogP) is 4.85. The highest BCUT2D eigenvalue weighted by molar-refractivity contribution is 6.31. The van der Waals surface area contributed by atoms with Crippen LogP contribution in [-0.4, -0.2) is 22.4 Å². The van der Waals surface area contributed by atoms with Crippen molar-refractivity contribution in [2.24, 2.45) is 0 Å². The van der Waals surface area contributed by atoms with Crippen molar-refractivity contribution in [3.05, 3.63) is 77.1 Å². The van der Waals surface area contributed by atoms with Gasteiger partial charge in [-0.25, -0.2) is 9.97 Å². The molecule has 0 aliphatic rings.